The van der Waals surface area contributed by atoms with Crippen LogP contribution < -0.4 is 0 Å². The van der Waals surface area contributed by atoms with Crippen molar-refractivity contribution in [3.8, 4) is 0 Å². The van der Waals surface area contributed by atoms with E-state index in [9.17, 15) is 0 Å². The molecule has 0 saturated heterocycles. The van der Waals surface area contributed by atoms with Crippen molar-refractivity contribution in [2.45, 2.75) is 59.3 Å². The first kappa shape index (κ1) is 16.6. The van der Waals surface area contributed by atoms with Crippen molar-refractivity contribution in [2.24, 2.45) is 5.41 Å². The number of fused-ring (bicyclic) bond motifs is 3. The second-order valence-electron chi connectivity index (χ2n) is 9.50. The largest absolute Gasteiger partial charge is 0.210 e. The van der Waals surface area contributed by atoms with Crippen LogP contribution in [-0.4, -0.2) is 23.0 Å². The maximum absolute atomic E-state index is 2.54. The third-order valence-corrected chi connectivity index (χ3v) is 7.06. The molecule has 1 nitrogen and oxygen atoms in total. The van der Waals surface area contributed by atoms with Gasteiger partial charge in [0.1, 0.15) is 0 Å². The Morgan fingerprint density at radius 1 is 0.960 bits per heavy atom. The van der Waals surface area contributed by atoms with Crippen molar-refractivity contribution >= 4 is 18.6 Å². The van der Waals surface area contributed by atoms with Gasteiger partial charge in [-0.05, 0) is 31.6 Å². The van der Waals surface area contributed by atoms with Crippen LogP contribution >= 0.6 is 0 Å². The highest BCUT2D eigenvalue weighted by molar-refractivity contribution is 6.72. The second kappa shape index (κ2) is 4.87. The number of rotatable bonds is 0. The van der Waals surface area contributed by atoms with Gasteiger partial charge in [-0.1, -0.05) is 50.4 Å². The first-order valence-electron chi connectivity index (χ1n) is 9.47. The third-order valence-electron chi connectivity index (χ3n) is 7.06. The zero-order valence-corrected chi connectivity index (χ0v) is 16.6. The summed E-state index contributed by atoms with van der Waals surface area (Å²) < 4.78 is 2.54. The molecule has 0 fully saturated rings. The van der Waals surface area contributed by atoms with E-state index in [-0.39, 0.29) is 16.4 Å². The smallest absolute Gasteiger partial charge is 0.192 e. The lowest BCUT2D eigenvalue weighted by atomic mass is 9.43. The van der Waals surface area contributed by atoms with E-state index in [0.29, 0.717) is 6.71 Å². The maximum atomic E-state index is 2.54. The molecule has 1 aromatic rings. The van der Waals surface area contributed by atoms with Gasteiger partial charge in [0, 0.05) is 30.4 Å². The van der Waals surface area contributed by atoms with Crippen LogP contribution in [0.25, 0.3) is 5.70 Å². The minimum Gasteiger partial charge on any atom is -0.192 e. The highest BCUT2D eigenvalue weighted by atomic mass is 15.1. The van der Waals surface area contributed by atoms with E-state index in [2.05, 4.69) is 102 Å². The molecule has 0 aromatic heterocycles. The van der Waals surface area contributed by atoms with Gasteiger partial charge in [-0.25, -0.2) is 0 Å². The second-order valence-corrected chi connectivity index (χ2v) is 9.50. The van der Waals surface area contributed by atoms with Crippen LogP contribution in [0, 0.1) is 5.41 Å². The molecule has 3 heterocycles. The zero-order chi connectivity index (χ0) is 18.2. The molecular weight excluding hydrogens is 301 g/mol. The van der Waals surface area contributed by atoms with Crippen LogP contribution in [0.1, 0.15) is 52.7 Å². The summed E-state index contributed by atoms with van der Waals surface area (Å²) in [5.74, 6) is 2.35. The van der Waals surface area contributed by atoms with Gasteiger partial charge in [-0.15, -0.1) is 5.98 Å². The molecule has 0 N–H and O–H groups in total. The summed E-state index contributed by atoms with van der Waals surface area (Å²) in [7, 11) is 0. The zero-order valence-electron chi connectivity index (χ0n) is 16.6. The standard InChI is InChI=1S/C23H29BN/c1-21(2)14-19-17-10-8-9-11-18(17)22(3,4)23(5,6)25(19)15-16-12-13-24(7)20(16)21/h8-15H,1-7H3/q+1. The van der Waals surface area contributed by atoms with E-state index in [1.807, 2.05) is 0 Å². The molecule has 0 radical (unpaired) electrons. The van der Waals surface area contributed by atoms with E-state index < -0.39 is 0 Å². The van der Waals surface area contributed by atoms with Crippen LogP contribution in [0.2, 0.25) is 6.82 Å². The summed E-state index contributed by atoms with van der Waals surface area (Å²) in [6.45, 7) is 17.1. The molecule has 4 rings (SSSR count). The predicted octanol–water partition coefficient (Wildman–Crippen LogP) is 5.29. The molecule has 0 aliphatic carbocycles. The lowest BCUT2D eigenvalue weighted by Crippen LogP contribution is -2.54. The lowest BCUT2D eigenvalue weighted by Gasteiger charge is -2.44. The fraction of sp³-hybridized carbons (Fsp3) is 0.435. The van der Waals surface area contributed by atoms with Gasteiger partial charge in [-0.2, -0.15) is 4.58 Å². The molecule has 25 heavy (non-hydrogen) atoms. The summed E-state index contributed by atoms with van der Waals surface area (Å²) in [4.78, 5) is 0. The number of hydrogen-bond acceptors (Lipinski definition) is 0. The van der Waals surface area contributed by atoms with Crippen LogP contribution in [0.3, 0.4) is 0 Å². The van der Waals surface area contributed by atoms with Crippen molar-refractivity contribution in [1.29, 1.82) is 0 Å². The van der Waals surface area contributed by atoms with Gasteiger partial charge in [-0.3, -0.25) is 0 Å². The highest BCUT2D eigenvalue weighted by Gasteiger charge is 2.55. The summed E-state index contributed by atoms with van der Waals surface area (Å²) in [5.41, 5.74) is 7.23. The molecule has 2 heteroatoms. The normalized spacial score (nSPS) is 24.8. The predicted molar refractivity (Wildman–Crippen MR) is 109 cm³/mol. The van der Waals surface area contributed by atoms with Gasteiger partial charge >= 0.3 is 0 Å². The summed E-state index contributed by atoms with van der Waals surface area (Å²) in [6, 6.07) is 8.97. The Labute approximate surface area is 152 Å². The fourth-order valence-electron chi connectivity index (χ4n) is 5.02. The Morgan fingerprint density at radius 3 is 2.36 bits per heavy atom. The van der Waals surface area contributed by atoms with Crippen molar-refractivity contribution < 1.29 is 4.58 Å². The van der Waals surface area contributed by atoms with Crippen molar-refractivity contribution in [3.05, 3.63) is 64.6 Å². The highest BCUT2D eigenvalue weighted by Crippen LogP contribution is 2.50. The first-order valence-corrected chi connectivity index (χ1v) is 9.47. The van der Waals surface area contributed by atoms with E-state index in [1.165, 1.54) is 22.4 Å². The Kier molecular flexibility index (Phi) is 3.24. The minimum atomic E-state index is -0.00855. The fourth-order valence-corrected chi connectivity index (χ4v) is 5.02. The average Bonchev–Trinajstić information content (AvgIpc) is 2.84. The van der Waals surface area contributed by atoms with Crippen molar-refractivity contribution in [1.82, 2.24) is 0 Å². The van der Waals surface area contributed by atoms with Crippen molar-refractivity contribution in [2.75, 3.05) is 0 Å². The maximum Gasteiger partial charge on any atom is 0.210 e. The van der Waals surface area contributed by atoms with Gasteiger partial charge in [0.25, 0.3) is 0 Å². The Balaban J connectivity index is 2.09. The first-order chi connectivity index (χ1) is 11.6. The summed E-state index contributed by atoms with van der Waals surface area (Å²) in [6.07, 6.45) is 7.24. The number of nitrogens with zero attached hydrogens (tertiary/aromatic N) is 1. The Bertz CT molecular complexity index is 890. The quantitative estimate of drug-likeness (QED) is 0.449. The molecule has 0 spiro atoms. The average molecular weight is 330 g/mol. The molecule has 0 bridgehead atoms. The van der Waals surface area contributed by atoms with Gasteiger partial charge < -0.3 is 0 Å². The molecular formula is C23H29BN+. The van der Waals surface area contributed by atoms with E-state index in [0.717, 1.165) is 0 Å². The van der Waals surface area contributed by atoms with Crippen LogP contribution in [-0.2, 0) is 5.41 Å². The van der Waals surface area contributed by atoms with Crippen LogP contribution in [0.5, 0.6) is 0 Å². The minimum absolute atomic E-state index is 0.00855. The van der Waals surface area contributed by atoms with E-state index >= 15 is 0 Å². The van der Waals surface area contributed by atoms with Crippen LogP contribution in [0.4, 0.5) is 0 Å². The Hall–Kier alpha value is -1.83. The monoisotopic (exact) mass is 330 g/mol. The topological polar surface area (TPSA) is 3.01 Å². The number of hydrogen-bond donors (Lipinski definition) is 0. The molecule has 1 aromatic carbocycles. The van der Waals surface area contributed by atoms with Crippen LogP contribution in [0.15, 0.2) is 53.4 Å². The van der Waals surface area contributed by atoms with Crippen molar-refractivity contribution in [3.63, 3.8) is 0 Å². The lowest BCUT2D eigenvalue weighted by molar-refractivity contribution is -0.531. The molecule has 0 atom stereocenters. The molecule has 3 aliphatic heterocycles. The van der Waals surface area contributed by atoms with Gasteiger partial charge in [0.05, 0.1) is 5.41 Å². The molecule has 0 amide bonds. The van der Waals surface area contributed by atoms with E-state index in [4.69, 9.17) is 0 Å². The molecule has 128 valence electrons. The SMILES string of the molecule is CB1C=CC2=C1C(C)(C)C=C1c3ccccc3C(C)(C)C(C)(C)[N+]1=C2. The molecule has 3 aliphatic rings. The number of benzene rings is 1. The molecule has 0 saturated carbocycles. The summed E-state index contributed by atoms with van der Waals surface area (Å²) >= 11 is 0. The summed E-state index contributed by atoms with van der Waals surface area (Å²) in [5, 5.41) is 0. The Morgan fingerprint density at radius 2 is 1.64 bits per heavy atom. The van der Waals surface area contributed by atoms with Gasteiger partial charge in [0.2, 0.25) is 5.70 Å². The molecule has 0 unspecified atom stereocenters. The number of allylic oxidation sites excluding steroid dienone is 4. The van der Waals surface area contributed by atoms with Gasteiger partial charge in [0.15, 0.2) is 18.5 Å². The third kappa shape index (κ3) is 2.06. The van der Waals surface area contributed by atoms with E-state index in [1.54, 1.807) is 5.47 Å².